The molecule has 4 heterocycles. The van der Waals surface area contributed by atoms with Gasteiger partial charge in [-0.2, -0.15) is 0 Å². The summed E-state index contributed by atoms with van der Waals surface area (Å²) in [6.07, 6.45) is 3.36. The number of carbonyl (C=O) groups excluding carboxylic acids is 1. The van der Waals surface area contributed by atoms with Crippen molar-refractivity contribution in [3.63, 3.8) is 0 Å². The molecule has 1 aliphatic rings. The molecule has 0 aromatic carbocycles. The molecular weight excluding hydrogens is 314 g/mol. The van der Waals surface area contributed by atoms with Crippen molar-refractivity contribution in [3.8, 4) is 10.6 Å². The number of hydrogen-bond donors (Lipinski definition) is 1. The summed E-state index contributed by atoms with van der Waals surface area (Å²) >= 11 is 1.55. The second-order valence-electron chi connectivity index (χ2n) is 5.18. The number of likely N-dealkylation sites (tertiary alicyclic amines) is 1. The molecular formula is C15H13N5O2S. The molecule has 23 heavy (non-hydrogen) atoms. The minimum atomic E-state index is -0.122. The molecule has 0 aliphatic carbocycles. The zero-order chi connectivity index (χ0) is 15.6. The smallest absolute Gasteiger partial charge is 0.276 e. The Hall–Kier alpha value is -2.74. The van der Waals surface area contributed by atoms with Crippen molar-refractivity contribution < 1.29 is 9.32 Å². The Labute approximate surface area is 136 Å². The van der Waals surface area contributed by atoms with Gasteiger partial charge in [0.25, 0.3) is 5.91 Å². The number of nitrogens with zero attached hydrogens (tertiary/aromatic N) is 4. The molecule has 1 aliphatic heterocycles. The second-order valence-corrected chi connectivity index (χ2v) is 6.13. The molecule has 0 spiro atoms. The van der Waals surface area contributed by atoms with E-state index in [0.29, 0.717) is 30.5 Å². The number of rotatable bonds is 4. The Balaban J connectivity index is 1.36. The van der Waals surface area contributed by atoms with Crippen LogP contribution in [0.1, 0.15) is 10.5 Å². The summed E-state index contributed by atoms with van der Waals surface area (Å²) in [7, 11) is 0. The van der Waals surface area contributed by atoms with Crippen LogP contribution in [0.4, 0.5) is 5.95 Å². The van der Waals surface area contributed by atoms with Gasteiger partial charge in [-0.25, -0.2) is 9.97 Å². The van der Waals surface area contributed by atoms with E-state index in [9.17, 15) is 4.79 Å². The summed E-state index contributed by atoms with van der Waals surface area (Å²) in [4.78, 5) is 23.3. The van der Waals surface area contributed by atoms with Crippen molar-refractivity contribution in [1.29, 1.82) is 0 Å². The first kappa shape index (κ1) is 13.9. The second kappa shape index (κ2) is 5.81. The zero-order valence-corrected chi connectivity index (χ0v) is 12.9. The summed E-state index contributed by atoms with van der Waals surface area (Å²) in [5.74, 6) is 1.07. The largest absolute Gasteiger partial charge is 0.355 e. The first-order chi connectivity index (χ1) is 11.3. The van der Waals surface area contributed by atoms with Gasteiger partial charge in [-0.1, -0.05) is 11.2 Å². The Morgan fingerprint density at radius 3 is 2.87 bits per heavy atom. The summed E-state index contributed by atoms with van der Waals surface area (Å²) in [6, 6.07) is 7.47. The number of hydrogen-bond acceptors (Lipinski definition) is 7. The summed E-state index contributed by atoms with van der Waals surface area (Å²) < 4.78 is 5.25. The molecule has 1 amide bonds. The lowest BCUT2D eigenvalue weighted by molar-refractivity contribution is 0.0614. The average Bonchev–Trinajstić information content (AvgIpc) is 3.21. The number of thiophene rings is 1. The van der Waals surface area contributed by atoms with E-state index in [0.717, 1.165) is 4.88 Å². The van der Waals surface area contributed by atoms with Gasteiger partial charge in [-0.05, 0) is 17.5 Å². The quantitative estimate of drug-likeness (QED) is 0.790. The maximum atomic E-state index is 12.4. The van der Waals surface area contributed by atoms with Crippen LogP contribution in [0, 0.1) is 0 Å². The highest BCUT2D eigenvalue weighted by Crippen LogP contribution is 2.26. The van der Waals surface area contributed by atoms with Crippen LogP contribution in [0.5, 0.6) is 0 Å². The lowest BCUT2D eigenvalue weighted by Gasteiger charge is -2.38. The highest BCUT2D eigenvalue weighted by Gasteiger charge is 2.33. The van der Waals surface area contributed by atoms with Crippen LogP contribution in [0.15, 0.2) is 46.6 Å². The number of aromatic nitrogens is 3. The number of amides is 1. The van der Waals surface area contributed by atoms with Gasteiger partial charge in [0.1, 0.15) is 0 Å². The van der Waals surface area contributed by atoms with Crippen molar-refractivity contribution >= 4 is 23.2 Å². The van der Waals surface area contributed by atoms with E-state index in [4.69, 9.17) is 4.52 Å². The van der Waals surface area contributed by atoms with Gasteiger partial charge < -0.3 is 14.7 Å². The number of carbonyl (C=O) groups is 1. The van der Waals surface area contributed by atoms with Crippen molar-refractivity contribution in [2.45, 2.75) is 6.04 Å². The van der Waals surface area contributed by atoms with Crippen LogP contribution < -0.4 is 5.32 Å². The van der Waals surface area contributed by atoms with Gasteiger partial charge in [0, 0.05) is 31.5 Å². The fourth-order valence-electron chi connectivity index (χ4n) is 2.36. The van der Waals surface area contributed by atoms with Gasteiger partial charge in [0.15, 0.2) is 11.5 Å². The Kier molecular flexibility index (Phi) is 3.51. The number of nitrogens with one attached hydrogen (secondary N) is 1. The van der Waals surface area contributed by atoms with E-state index in [1.807, 2.05) is 17.5 Å². The molecule has 0 bridgehead atoms. The van der Waals surface area contributed by atoms with E-state index in [1.165, 1.54) is 0 Å². The predicted molar refractivity (Wildman–Crippen MR) is 85.2 cm³/mol. The predicted octanol–water partition coefficient (Wildman–Crippen LogP) is 2.13. The average molecular weight is 327 g/mol. The van der Waals surface area contributed by atoms with Crippen LogP contribution in [0.2, 0.25) is 0 Å². The minimum absolute atomic E-state index is 0.122. The monoisotopic (exact) mass is 327 g/mol. The van der Waals surface area contributed by atoms with Crippen molar-refractivity contribution in [3.05, 3.63) is 47.7 Å². The molecule has 0 unspecified atom stereocenters. The molecule has 0 atom stereocenters. The maximum absolute atomic E-state index is 12.4. The third kappa shape index (κ3) is 2.80. The fraction of sp³-hybridized carbons (Fsp3) is 0.200. The Bertz CT molecular complexity index is 796. The van der Waals surface area contributed by atoms with Crippen molar-refractivity contribution in [2.24, 2.45) is 0 Å². The topological polar surface area (TPSA) is 84.2 Å². The van der Waals surface area contributed by atoms with E-state index in [2.05, 4.69) is 20.4 Å². The highest BCUT2D eigenvalue weighted by molar-refractivity contribution is 7.13. The molecule has 116 valence electrons. The first-order valence-corrected chi connectivity index (χ1v) is 8.01. The third-order valence-corrected chi connectivity index (χ3v) is 4.45. The van der Waals surface area contributed by atoms with Crippen LogP contribution in [-0.2, 0) is 0 Å². The van der Waals surface area contributed by atoms with Crippen LogP contribution in [0.3, 0.4) is 0 Å². The van der Waals surface area contributed by atoms with Crippen molar-refractivity contribution in [2.75, 3.05) is 18.4 Å². The highest BCUT2D eigenvalue weighted by atomic mass is 32.1. The summed E-state index contributed by atoms with van der Waals surface area (Å²) in [5, 5.41) is 9.02. The molecule has 3 aromatic rings. The van der Waals surface area contributed by atoms with Gasteiger partial charge in [0.05, 0.1) is 10.9 Å². The van der Waals surface area contributed by atoms with Crippen molar-refractivity contribution in [1.82, 2.24) is 20.0 Å². The van der Waals surface area contributed by atoms with E-state index in [-0.39, 0.29) is 11.9 Å². The van der Waals surface area contributed by atoms with E-state index >= 15 is 0 Å². The summed E-state index contributed by atoms with van der Waals surface area (Å²) in [6.45, 7) is 1.19. The lowest BCUT2D eigenvalue weighted by Crippen LogP contribution is -2.57. The molecule has 1 saturated heterocycles. The van der Waals surface area contributed by atoms with E-state index in [1.54, 1.807) is 40.8 Å². The SMILES string of the molecule is O=C(c1cc(-c2cccs2)on1)N1CC(Nc2ncccn2)C1. The standard InChI is InChI=1S/C15H13N5O2S/c21-14(11-7-12(22-19-11)13-3-1-6-23-13)20-8-10(9-20)18-15-16-4-2-5-17-15/h1-7,10H,8-9H2,(H,16,17,18). The van der Waals surface area contributed by atoms with E-state index < -0.39 is 0 Å². The Morgan fingerprint density at radius 1 is 1.30 bits per heavy atom. The molecule has 4 rings (SSSR count). The van der Waals surface area contributed by atoms with Gasteiger partial charge in [0.2, 0.25) is 5.95 Å². The van der Waals surface area contributed by atoms with Gasteiger partial charge in [-0.3, -0.25) is 4.79 Å². The molecule has 0 radical (unpaired) electrons. The lowest BCUT2D eigenvalue weighted by atomic mass is 10.1. The normalized spacial score (nSPS) is 14.5. The van der Waals surface area contributed by atoms with Crippen LogP contribution in [-0.4, -0.2) is 45.1 Å². The minimum Gasteiger partial charge on any atom is -0.355 e. The zero-order valence-electron chi connectivity index (χ0n) is 12.0. The summed E-state index contributed by atoms with van der Waals surface area (Å²) in [5.41, 5.74) is 0.336. The van der Waals surface area contributed by atoms with Crippen LogP contribution >= 0.6 is 11.3 Å². The van der Waals surface area contributed by atoms with Gasteiger partial charge >= 0.3 is 0 Å². The molecule has 1 N–H and O–H groups in total. The molecule has 7 nitrogen and oxygen atoms in total. The molecule has 1 fully saturated rings. The Morgan fingerprint density at radius 2 is 2.13 bits per heavy atom. The number of anilines is 1. The maximum Gasteiger partial charge on any atom is 0.276 e. The first-order valence-electron chi connectivity index (χ1n) is 7.13. The third-order valence-electron chi connectivity index (χ3n) is 3.56. The van der Waals surface area contributed by atoms with Gasteiger partial charge in [-0.15, -0.1) is 11.3 Å². The molecule has 0 saturated carbocycles. The fourth-order valence-corrected chi connectivity index (χ4v) is 3.04. The van der Waals surface area contributed by atoms with Crippen LogP contribution in [0.25, 0.3) is 10.6 Å². The molecule has 8 heteroatoms. The molecule has 3 aromatic heterocycles.